The van der Waals surface area contributed by atoms with Gasteiger partial charge >= 0.3 is 6.09 Å². The minimum absolute atomic E-state index is 0.162. The Morgan fingerprint density at radius 2 is 1.78 bits per heavy atom. The van der Waals surface area contributed by atoms with E-state index in [1.54, 1.807) is 0 Å². The van der Waals surface area contributed by atoms with Crippen LogP contribution in [0.25, 0.3) is 0 Å². The highest BCUT2D eigenvalue weighted by molar-refractivity contribution is 5.73. The first-order valence-corrected chi connectivity index (χ1v) is 8.79. The lowest BCUT2D eigenvalue weighted by atomic mass is 9.97. The molecule has 2 saturated heterocycles. The molecule has 2 heterocycles. The van der Waals surface area contributed by atoms with Gasteiger partial charge in [-0.25, -0.2) is 4.79 Å². The summed E-state index contributed by atoms with van der Waals surface area (Å²) in [5.41, 5.74) is 4.70. The first kappa shape index (κ1) is 18.0. The Bertz CT molecular complexity index is 419. The van der Waals surface area contributed by atoms with E-state index in [4.69, 9.17) is 10.5 Å². The summed E-state index contributed by atoms with van der Waals surface area (Å²) in [6, 6.07) is 1.05. The number of carbonyl (C=O) groups is 2. The van der Waals surface area contributed by atoms with Crippen LogP contribution >= 0.6 is 0 Å². The van der Waals surface area contributed by atoms with Gasteiger partial charge in [0.15, 0.2) is 0 Å². The highest BCUT2D eigenvalue weighted by Gasteiger charge is 2.44. The van der Waals surface area contributed by atoms with Crippen LogP contribution in [0.3, 0.4) is 0 Å². The van der Waals surface area contributed by atoms with Gasteiger partial charge in [-0.2, -0.15) is 0 Å². The summed E-state index contributed by atoms with van der Waals surface area (Å²) < 4.78 is 5.55. The normalized spacial score (nSPS) is 27.1. The molecular weight excluding hydrogens is 294 g/mol. The molecule has 0 radical (unpaired) electrons. The van der Waals surface area contributed by atoms with E-state index in [-0.39, 0.29) is 12.0 Å². The second-order valence-electron chi connectivity index (χ2n) is 7.82. The topological polar surface area (TPSA) is 84.7 Å². The number of amides is 2. The standard InChI is InChI=1S/C17H31N3O3/c1-17(2,3)23-16(22)20-13-7-8-14(20)11-12(10-13)19-9-5-4-6-15(18)21/h12-14,19H,4-11H2,1-3H3,(H2,18,21). The molecule has 0 aromatic heterocycles. The zero-order valence-corrected chi connectivity index (χ0v) is 14.6. The Labute approximate surface area is 139 Å². The average Bonchev–Trinajstić information content (AvgIpc) is 2.68. The van der Waals surface area contributed by atoms with Crippen molar-refractivity contribution in [2.75, 3.05) is 6.54 Å². The maximum atomic E-state index is 12.4. The van der Waals surface area contributed by atoms with E-state index in [1.165, 1.54) is 0 Å². The summed E-state index contributed by atoms with van der Waals surface area (Å²) in [5.74, 6) is -0.228. The maximum Gasteiger partial charge on any atom is 0.410 e. The number of nitrogens with two attached hydrogens (primary N) is 1. The largest absolute Gasteiger partial charge is 0.444 e. The van der Waals surface area contributed by atoms with Crippen molar-refractivity contribution >= 4 is 12.0 Å². The first-order chi connectivity index (χ1) is 10.8. The Morgan fingerprint density at radius 1 is 1.17 bits per heavy atom. The first-order valence-electron chi connectivity index (χ1n) is 8.79. The molecule has 3 N–H and O–H groups in total. The van der Waals surface area contributed by atoms with Crippen molar-refractivity contribution in [2.45, 2.75) is 89.4 Å². The van der Waals surface area contributed by atoms with Gasteiger partial charge in [0.2, 0.25) is 5.91 Å². The second kappa shape index (κ2) is 7.51. The monoisotopic (exact) mass is 325 g/mol. The van der Waals surface area contributed by atoms with Gasteiger partial charge < -0.3 is 20.7 Å². The summed E-state index contributed by atoms with van der Waals surface area (Å²) in [6.45, 7) is 6.64. The van der Waals surface area contributed by atoms with E-state index >= 15 is 0 Å². The molecule has 2 bridgehead atoms. The number of nitrogens with zero attached hydrogens (tertiary/aromatic N) is 1. The fourth-order valence-electron chi connectivity index (χ4n) is 3.69. The van der Waals surface area contributed by atoms with Crippen LogP contribution in [0.4, 0.5) is 4.79 Å². The molecule has 2 rings (SSSR count). The quantitative estimate of drug-likeness (QED) is 0.733. The third kappa shape index (κ3) is 5.37. The van der Waals surface area contributed by atoms with Gasteiger partial charge in [0.1, 0.15) is 5.60 Å². The molecule has 0 aromatic carbocycles. The zero-order chi connectivity index (χ0) is 17.0. The molecule has 0 aliphatic carbocycles. The highest BCUT2D eigenvalue weighted by Crippen LogP contribution is 2.36. The molecule has 0 aromatic rings. The molecule has 6 heteroatoms. The van der Waals surface area contributed by atoms with Gasteiger partial charge in [0.05, 0.1) is 0 Å². The fourth-order valence-corrected chi connectivity index (χ4v) is 3.69. The Hall–Kier alpha value is -1.30. The number of ether oxygens (including phenoxy) is 1. The number of fused-ring (bicyclic) bond motifs is 2. The van der Waals surface area contributed by atoms with Crippen LogP contribution in [-0.4, -0.2) is 47.2 Å². The molecule has 132 valence electrons. The lowest BCUT2D eigenvalue weighted by Gasteiger charge is -2.39. The van der Waals surface area contributed by atoms with Crippen molar-refractivity contribution in [3.05, 3.63) is 0 Å². The molecule has 2 fully saturated rings. The van der Waals surface area contributed by atoms with Crippen LogP contribution in [0.15, 0.2) is 0 Å². The average molecular weight is 325 g/mol. The van der Waals surface area contributed by atoms with Gasteiger partial charge in [-0.05, 0) is 65.8 Å². The Balaban J connectivity index is 1.76. The molecule has 2 amide bonds. The van der Waals surface area contributed by atoms with Gasteiger partial charge in [0.25, 0.3) is 0 Å². The third-order valence-corrected chi connectivity index (χ3v) is 4.62. The predicted octanol–water partition coefficient (Wildman–Crippen LogP) is 2.16. The fraction of sp³-hybridized carbons (Fsp3) is 0.882. The number of unbranched alkanes of at least 4 members (excludes halogenated alkanes) is 1. The van der Waals surface area contributed by atoms with Crippen LogP contribution in [0.1, 0.15) is 65.7 Å². The zero-order valence-electron chi connectivity index (χ0n) is 14.6. The van der Waals surface area contributed by atoms with Crippen LogP contribution in [-0.2, 0) is 9.53 Å². The lowest BCUT2D eigenvalue weighted by Crippen LogP contribution is -2.52. The molecule has 2 aliphatic heterocycles. The number of primary amides is 1. The van der Waals surface area contributed by atoms with Crippen molar-refractivity contribution < 1.29 is 14.3 Å². The number of hydrogen-bond donors (Lipinski definition) is 2. The van der Waals surface area contributed by atoms with E-state index in [2.05, 4.69) is 5.32 Å². The molecular formula is C17H31N3O3. The number of carbonyl (C=O) groups excluding carboxylic acids is 2. The summed E-state index contributed by atoms with van der Waals surface area (Å²) in [4.78, 5) is 25.1. The lowest BCUT2D eigenvalue weighted by molar-refractivity contribution is -0.118. The van der Waals surface area contributed by atoms with Crippen molar-refractivity contribution in [1.29, 1.82) is 0 Å². The summed E-state index contributed by atoms with van der Waals surface area (Å²) in [5, 5.41) is 3.57. The van der Waals surface area contributed by atoms with E-state index in [1.807, 2.05) is 25.7 Å². The number of piperidine rings is 1. The van der Waals surface area contributed by atoms with Gasteiger partial charge in [-0.1, -0.05) is 0 Å². The van der Waals surface area contributed by atoms with Gasteiger partial charge in [-0.3, -0.25) is 4.79 Å². The molecule has 23 heavy (non-hydrogen) atoms. The maximum absolute atomic E-state index is 12.4. The molecule has 2 atom stereocenters. The molecule has 0 saturated carbocycles. The molecule has 2 unspecified atom stereocenters. The van der Waals surface area contributed by atoms with Crippen molar-refractivity contribution in [2.24, 2.45) is 5.73 Å². The van der Waals surface area contributed by atoms with Crippen molar-refractivity contribution in [3.8, 4) is 0 Å². The van der Waals surface area contributed by atoms with Crippen molar-refractivity contribution in [3.63, 3.8) is 0 Å². The molecule has 0 spiro atoms. The summed E-state index contributed by atoms with van der Waals surface area (Å²) in [6.07, 6.45) is 6.23. The smallest absolute Gasteiger partial charge is 0.410 e. The van der Waals surface area contributed by atoms with E-state index in [9.17, 15) is 9.59 Å². The minimum Gasteiger partial charge on any atom is -0.444 e. The van der Waals surface area contributed by atoms with Gasteiger partial charge in [0, 0.05) is 24.5 Å². The summed E-state index contributed by atoms with van der Waals surface area (Å²) in [7, 11) is 0. The number of rotatable bonds is 6. The third-order valence-electron chi connectivity index (χ3n) is 4.62. The van der Waals surface area contributed by atoms with Crippen LogP contribution in [0, 0.1) is 0 Å². The SMILES string of the molecule is CC(C)(C)OC(=O)N1C2CCC1CC(NCCCCC(N)=O)C2. The predicted molar refractivity (Wildman–Crippen MR) is 89.0 cm³/mol. The van der Waals surface area contributed by atoms with Crippen LogP contribution in [0.5, 0.6) is 0 Å². The molecule has 6 nitrogen and oxygen atoms in total. The van der Waals surface area contributed by atoms with E-state index < -0.39 is 5.60 Å². The van der Waals surface area contributed by atoms with Crippen molar-refractivity contribution in [1.82, 2.24) is 10.2 Å². The Morgan fingerprint density at radius 3 is 2.30 bits per heavy atom. The summed E-state index contributed by atoms with van der Waals surface area (Å²) >= 11 is 0. The number of hydrogen-bond acceptors (Lipinski definition) is 4. The minimum atomic E-state index is -0.438. The second-order valence-corrected chi connectivity index (χ2v) is 7.82. The van der Waals surface area contributed by atoms with E-state index in [0.717, 1.165) is 45.1 Å². The van der Waals surface area contributed by atoms with E-state index in [0.29, 0.717) is 24.5 Å². The van der Waals surface area contributed by atoms with Crippen LogP contribution in [0.2, 0.25) is 0 Å². The highest BCUT2D eigenvalue weighted by atomic mass is 16.6. The van der Waals surface area contributed by atoms with Gasteiger partial charge in [-0.15, -0.1) is 0 Å². The Kier molecular flexibility index (Phi) is 5.89. The number of nitrogens with one attached hydrogen (secondary N) is 1. The molecule has 2 aliphatic rings. The van der Waals surface area contributed by atoms with Crippen LogP contribution < -0.4 is 11.1 Å².